The quantitative estimate of drug-likeness (QED) is 0.864. The Morgan fingerprint density at radius 3 is 2.72 bits per heavy atom. The van der Waals surface area contributed by atoms with Crippen LogP contribution in [0.25, 0.3) is 11.1 Å². The summed E-state index contributed by atoms with van der Waals surface area (Å²) in [5.74, 6) is 0.699. The summed E-state index contributed by atoms with van der Waals surface area (Å²) in [7, 11) is 3.68. The fourth-order valence-corrected chi connectivity index (χ4v) is 2.01. The van der Waals surface area contributed by atoms with E-state index >= 15 is 0 Å². The van der Waals surface area contributed by atoms with Crippen molar-refractivity contribution in [1.29, 1.82) is 0 Å². The van der Waals surface area contributed by atoms with Gasteiger partial charge in [-0.3, -0.25) is 9.99 Å². The van der Waals surface area contributed by atoms with Crippen molar-refractivity contribution >= 4 is 17.4 Å². The standard InChI is InChI=1S/C13H15ClN4/c1-9-11(5-4-6-16-9)10-7-12(14)13(17-8-10)18(3)15-2/h4-8,15H,1-3H3. The van der Waals surface area contributed by atoms with Crippen LogP contribution in [0.2, 0.25) is 5.02 Å². The number of aromatic nitrogens is 2. The third kappa shape index (κ3) is 2.44. The molecule has 0 aliphatic rings. The number of hydrogen-bond donors (Lipinski definition) is 1. The molecule has 2 aromatic heterocycles. The highest BCUT2D eigenvalue weighted by Crippen LogP contribution is 2.28. The number of aryl methyl sites for hydroxylation is 1. The monoisotopic (exact) mass is 262 g/mol. The fourth-order valence-electron chi connectivity index (χ4n) is 1.72. The molecule has 5 heteroatoms. The van der Waals surface area contributed by atoms with Crippen LogP contribution in [0.1, 0.15) is 5.69 Å². The van der Waals surface area contributed by atoms with Crippen molar-refractivity contribution in [3.8, 4) is 11.1 Å². The molecule has 0 fully saturated rings. The number of nitrogens with one attached hydrogen (secondary N) is 1. The Morgan fingerprint density at radius 2 is 2.11 bits per heavy atom. The topological polar surface area (TPSA) is 41.0 Å². The van der Waals surface area contributed by atoms with Crippen LogP contribution in [-0.2, 0) is 0 Å². The maximum absolute atomic E-state index is 6.24. The van der Waals surface area contributed by atoms with Gasteiger partial charge in [-0.2, -0.15) is 0 Å². The second kappa shape index (κ2) is 5.33. The number of anilines is 1. The molecule has 0 amide bonds. The highest BCUT2D eigenvalue weighted by Gasteiger charge is 2.09. The van der Waals surface area contributed by atoms with Crippen molar-refractivity contribution in [2.75, 3.05) is 19.1 Å². The Hall–Kier alpha value is -1.65. The zero-order valence-electron chi connectivity index (χ0n) is 10.6. The molecule has 0 atom stereocenters. The van der Waals surface area contributed by atoms with Crippen molar-refractivity contribution in [2.24, 2.45) is 0 Å². The first-order chi connectivity index (χ1) is 8.63. The van der Waals surface area contributed by atoms with Gasteiger partial charge in [-0.15, -0.1) is 0 Å². The van der Waals surface area contributed by atoms with E-state index < -0.39 is 0 Å². The van der Waals surface area contributed by atoms with E-state index in [1.54, 1.807) is 17.4 Å². The Morgan fingerprint density at radius 1 is 1.33 bits per heavy atom. The van der Waals surface area contributed by atoms with Crippen LogP contribution < -0.4 is 10.4 Å². The molecule has 0 spiro atoms. The minimum atomic E-state index is 0.604. The van der Waals surface area contributed by atoms with Gasteiger partial charge in [0.25, 0.3) is 0 Å². The third-order valence-corrected chi connectivity index (χ3v) is 3.07. The summed E-state index contributed by atoms with van der Waals surface area (Å²) >= 11 is 6.24. The number of nitrogens with zero attached hydrogens (tertiary/aromatic N) is 3. The van der Waals surface area contributed by atoms with Crippen molar-refractivity contribution in [2.45, 2.75) is 6.92 Å². The SMILES string of the molecule is CNN(C)c1ncc(-c2cccnc2C)cc1Cl. The van der Waals surface area contributed by atoms with E-state index in [2.05, 4.69) is 15.4 Å². The van der Waals surface area contributed by atoms with Crippen LogP contribution in [0, 0.1) is 6.92 Å². The lowest BCUT2D eigenvalue weighted by Crippen LogP contribution is -2.31. The lowest BCUT2D eigenvalue weighted by atomic mass is 10.1. The molecule has 0 saturated heterocycles. The molecular formula is C13H15ClN4. The summed E-state index contributed by atoms with van der Waals surface area (Å²) in [5.41, 5.74) is 5.95. The Bertz CT molecular complexity index is 556. The first kappa shape index (κ1) is 12.8. The van der Waals surface area contributed by atoms with Crippen LogP contribution in [-0.4, -0.2) is 24.1 Å². The van der Waals surface area contributed by atoms with Gasteiger partial charge in [-0.1, -0.05) is 17.7 Å². The zero-order valence-corrected chi connectivity index (χ0v) is 11.4. The van der Waals surface area contributed by atoms with Crippen LogP contribution in [0.15, 0.2) is 30.6 Å². The van der Waals surface area contributed by atoms with E-state index in [4.69, 9.17) is 11.6 Å². The Balaban J connectivity index is 2.44. The van der Waals surface area contributed by atoms with E-state index in [9.17, 15) is 0 Å². The summed E-state index contributed by atoms with van der Waals surface area (Å²) in [4.78, 5) is 8.64. The van der Waals surface area contributed by atoms with Crippen LogP contribution in [0.5, 0.6) is 0 Å². The highest BCUT2D eigenvalue weighted by molar-refractivity contribution is 6.33. The summed E-state index contributed by atoms with van der Waals surface area (Å²) < 4.78 is 0. The smallest absolute Gasteiger partial charge is 0.161 e. The predicted molar refractivity (Wildman–Crippen MR) is 74.7 cm³/mol. The van der Waals surface area contributed by atoms with Crippen molar-refractivity contribution in [3.63, 3.8) is 0 Å². The minimum Gasteiger partial charge on any atom is -0.294 e. The van der Waals surface area contributed by atoms with Crippen LogP contribution in [0.3, 0.4) is 0 Å². The number of hydrogen-bond acceptors (Lipinski definition) is 4. The summed E-state index contributed by atoms with van der Waals surface area (Å²) in [5, 5.41) is 2.37. The maximum atomic E-state index is 6.24. The molecular weight excluding hydrogens is 248 g/mol. The van der Waals surface area contributed by atoms with Crippen LogP contribution >= 0.6 is 11.6 Å². The Labute approximate surface area is 112 Å². The second-order valence-electron chi connectivity index (χ2n) is 3.95. The number of pyridine rings is 2. The lowest BCUT2D eigenvalue weighted by Gasteiger charge is -2.18. The molecule has 0 aliphatic heterocycles. The van der Waals surface area contributed by atoms with E-state index in [-0.39, 0.29) is 0 Å². The Kier molecular flexibility index (Phi) is 3.79. The molecule has 18 heavy (non-hydrogen) atoms. The first-order valence-electron chi connectivity index (χ1n) is 5.62. The molecule has 0 saturated carbocycles. The van der Waals surface area contributed by atoms with Crippen LogP contribution in [0.4, 0.5) is 5.82 Å². The van der Waals surface area contributed by atoms with E-state index in [0.29, 0.717) is 10.8 Å². The number of rotatable bonds is 3. The zero-order chi connectivity index (χ0) is 13.1. The van der Waals surface area contributed by atoms with Crippen molar-refractivity contribution in [1.82, 2.24) is 15.4 Å². The summed E-state index contributed by atoms with van der Waals surface area (Å²) in [6, 6.07) is 5.82. The molecule has 1 N–H and O–H groups in total. The maximum Gasteiger partial charge on any atom is 0.161 e. The highest BCUT2D eigenvalue weighted by atomic mass is 35.5. The average molecular weight is 263 g/mol. The van der Waals surface area contributed by atoms with E-state index in [1.165, 1.54) is 0 Å². The van der Waals surface area contributed by atoms with Gasteiger partial charge >= 0.3 is 0 Å². The molecule has 0 unspecified atom stereocenters. The summed E-state index contributed by atoms with van der Waals surface area (Å²) in [6.45, 7) is 1.97. The summed E-state index contributed by atoms with van der Waals surface area (Å²) in [6.07, 6.45) is 3.58. The number of halogens is 1. The van der Waals surface area contributed by atoms with Gasteiger partial charge in [0.1, 0.15) is 0 Å². The molecule has 0 radical (unpaired) electrons. The third-order valence-electron chi connectivity index (χ3n) is 2.79. The van der Waals surface area contributed by atoms with E-state index in [0.717, 1.165) is 16.8 Å². The number of hydrazine groups is 1. The van der Waals surface area contributed by atoms with Gasteiger partial charge in [0.15, 0.2) is 5.82 Å². The van der Waals surface area contributed by atoms with Gasteiger partial charge in [-0.05, 0) is 19.1 Å². The molecule has 4 nitrogen and oxygen atoms in total. The predicted octanol–water partition coefficient (Wildman–Crippen LogP) is 2.68. The molecule has 2 heterocycles. The lowest BCUT2D eigenvalue weighted by molar-refractivity contribution is 0.776. The average Bonchev–Trinajstić information content (AvgIpc) is 2.38. The van der Waals surface area contributed by atoms with Gasteiger partial charge < -0.3 is 0 Å². The molecule has 2 rings (SSSR count). The first-order valence-corrected chi connectivity index (χ1v) is 6.00. The van der Waals surface area contributed by atoms with Gasteiger partial charge in [-0.25, -0.2) is 10.4 Å². The molecule has 2 aromatic rings. The van der Waals surface area contributed by atoms with Gasteiger partial charge in [0, 0.05) is 43.3 Å². The molecule has 0 aliphatic carbocycles. The molecule has 0 bridgehead atoms. The van der Waals surface area contributed by atoms with E-state index in [1.807, 2.05) is 39.2 Å². The van der Waals surface area contributed by atoms with Gasteiger partial charge in [0.2, 0.25) is 0 Å². The second-order valence-corrected chi connectivity index (χ2v) is 4.36. The molecule has 0 aromatic carbocycles. The minimum absolute atomic E-state index is 0.604. The largest absolute Gasteiger partial charge is 0.294 e. The fraction of sp³-hybridized carbons (Fsp3) is 0.231. The van der Waals surface area contributed by atoms with Gasteiger partial charge in [0.05, 0.1) is 5.02 Å². The normalized spacial score (nSPS) is 10.4. The van der Waals surface area contributed by atoms with Crippen molar-refractivity contribution in [3.05, 3.63) is 41.3 Å². The van der Waals surface area contributed by atoms with Crippen molar-refractivity contribution < 1.29 is 0 Å². The molecule has 94 valence electrons.